The lowest BCUT2D eigenvalue weighted by Crippen LogP contribution is -2.54. The Balaban J connectivity index is 2.41. The van der Waals surface area contributed by atoms with E-state index in [2.05, 4.69) is 21.2 Å². The molecule has 0 radical (unpaired) electrons. The maximum atomic E-state index is 13.5. The van der Waals surface area contributed by atoms with Gasteiger partial charge in [0.1, 0.15) is 12.6 Å². The first kappa shape index (κ1) is 27.9. The zero-order chi connectivity index (χ0) is 25.8. The van der Waals surface area contributed by atoms with Gasteiger partial charge in [0, 0.05) is 16.6 Å². The fourth-order valence-corrected chi connectivity index (χ4v) is 4.43. The van der Waals surface area contributed by atoms with Crippen LogP contribution >= 0.6 is 15.9 Å². The molecule has 2 aromatic carbocycles. The summed E-state index contributed by atoms with van der Waals surface area (Å²) in [5.74, 6) is -0.776. The molecular weight excluding hydrogens is 518 g/mol. The Bertz CT molecular complexity index is 1140. The van der Waals surface area contributed by atoms with Gasteiger partial charge in [0.15, 0.2) is 0 Å². The van der Waals surface area contributed by atoms with E-state index in [1.54, 1.807) is 25.1 Å². The Morgan fingerprint density at radius 1 is 1.06 bits per heavy atom. The van der Waals surface area contributed by atoms with E-state index in [-0.39, 0.29) is 12.5 Å². The molecule has 34 heavy (non-hydrogen) atoms. The summed E-state index contributed by atoms with van der Waals surface area (Å²) in [6, 6.07) is 12.0. The van der Waals surface area contributed by atoms with E-state index in [4.69, 9.17) is 0 Å². The Morgan fingerprint density at radius 2 is 1.65 bits per heavy atom. The number of nitrogens with one attached hydrogen (secondary N) is 1. The molecule has 0 bridgehead atoms. The molecule has 0 fully saturated rings. The van der Waals surface area contributed by atoms with Gasteiger partial charge in [-0.3, -0.25) is 13.9 Å². The average Bonchev–Trinajstić information content (AvgIpc) is 2.71. The molecule has 2 aromatic rings. The summed E-state index contributed by atoms with van der Waals surface area (Å²) in [6.07, 6.45) is 1.07. The Labute approximate surface area is 211 Å². The highest BCUT2D eigenvalue weighted by molar-refractivity contribution is 9.10. The van der Waals surface area contributed by atoms with Gasteiger partial charge in [-0.2, -0.15) is 0 Å². The Hall–Kier alpha value is -2.39. The molecule has 2 amide bonds. The van der Waals surface area contributed by atoms with Gasteiger partial charge >= 0.3 is 0 Å². The highest BCUT2D eigenvalue weighted by Gasteiger charge is 2.31. The summed E-state index contributed by atoms with van der Waals surface area (Å²) < 4.78 is 27.2. The minimum Gasteiger partial charge on any atom is -0.350 e. The van der Waals surface area contributed by atoms with E-state index in [1.165, 1.54) is 4.90 Å². The molecule has 0 spiro atoms. The van der Waals surface area contributed by atoms with Crippen LogP contribution in [0.2, 0.25) is 0 Å². The Morgan fingerprint density at radius 3 is 2.15 bits per heavy atom. The van der Waals surface area contributed by atoms with Gasteiger partial charge in [-0.1, -0.05) is 45.8 Å². The highest BCUT2D eigenvalue weighted by Crippen LogP contribution is 2.25. The SMILES string of the molecule is Cc1ccc(CN(C(=O)CN(c2ccc(Br)c(C)c2)S(C)(=O)=O)[C@@H](C)C(=O)NC(C)(C)C)cc1. The first-order valence-electron chi connectivity index (χ1n) is 11.0. The van der Waals surface area contributed by atoms with Crippen molar-refractivity contribution in [1.82, 2.24) is 10.2 Å². The van der Waals surface area contributed by atoms with Crippen molar-refractivity contribution in [3.05, 3.63) is 63.6 Å². The third-order valence-corrected chi connectivity index (χ3v) is 7.28. The van der Waals surface area contributed by atoms with Crippen molar-refractivity contribution in [2.24, 2.45) is 0 Å². The number of benzene rings is 2. The van der Waals surface area contributed by atoms with E-state index < -0.39 is 34.1 Å². The third kappa shape index (κ3) is 7.84. The fraction of sp³-hybridized carbons (Fsp3) is 0.440. The summed E-state index contributed by atoms with van der Waals surface area (Å²) in [6.45, 7) is 10.8. The summed E-state index contributed by atoms with van der Waals surface area (Å²) in [7, 11) is -3.76. The monoisotopic (exact) mass is 551 g/mol. The average molecular weight is 553 g/mol. The largest absolute Gasteiger partial charge is 0.350 e. The number of rotatable bonds is 8. The van der Waals surface area contributed by atoms with Gasteiger partial charge in [-0.05, 0) is 70.9 Å². The zero-order valence-electron chi connectivity index (χ0n) is 20.8. The minimum atomic E-state index is -3.76. The number of nitrogens with zero attached hydrogens (tertiary/aromatic N) is 2. The van der Waals surface area contributed by atoms with Crippen molar-refractivity contribution in [3.8, 4) is 0 Å². The van der Waals surface area contributed by atoms with E-state index in [0.29, 0.717) is 5.69 Å². The maximum absolute atomic E-state index is 13.5. The molecule has 0 saturated carbocycles. The molecule has 0 saturated heterocycles. The number of hydrogen-bond acceptors (Lipinski definition) is 4. The lowest BCUT2D eigenvalue weighted by molar-refractivity contribution is -0.140. The molecule has 0 unspecified atom stereocenters. The molecule has 0 aliphatic heterocycles. The number of carbonyl (C=O) groups is 2. The molecule has 7 nitrogen and oxygen atoms in total. The van der Waals surface area contributed by atoms with Gasteiger partial charge < -0.3 is 10.2 Å². The van der Waals surface area contributed by atoms with Crippen LogP contribution in [0.1, 0.15) is 44.4 Å². The smallest absolute Gasteiger partial charge is 0.244 e. The molecule has 186 valence electrons. The van der Waals surface area contributed by atoms with Crippen LogP contribution in [-0.2, 0) is 26.2 Å². The van der Waals surface area contributed by atoms with Crippen LogP contribution in [0.25, 0.3) is 0 Å². The Kier molecular flexibility index (Phi) is 8.93. The second-order valence-electron chi connectivity index (χ2n) is 9.63. The molecule has 1 N–H and O–H groups in total. The first-order valence-corrected chi connectivity index (χ1v) is 13.6. The molecule has 2 rings (SSSR count). The topological polar surface area (TPSA) is 86.8 Å². The van der Waals surface area contributed by atoms with E-state index in [1.807, 2.05) is 58.9 Å². The second kappa shape index (κ2) is 10.9. The molecule has 9 heteroatoms. The lowest BCUT2D eigenvalue weighted by Gasteiger charge is -2.33. The molecule has 1 atom stereocenters. The number of sulfonamides is 1. The van der Waals surface area contributed by atoms with Crippen LogP contribution in [0.4, 0.5) is 5.69 Å². The standard InChI is InChI=1S/C25H34BrN3O4S/c1-17-8-10-20(11-9-17)15-28(19(3)24(31)27-25(4,5)6)23(30)16-29(34(7,32)33)21-12-13-22(26)18(2)14-21/h8-14,19H,15-16H2,1-7H3,(H,27,31)/t19-/m0/s1. The van der Waals surface area contributed by atoms with Gasteiger partial charge in [-0.15, -0.1) is 0 Å². The van der Waals surface area contributed by atoms with Crippen LogP contribution in [0.15, 0.2) is 46.9 Å². The lowest BCUT2D eigenvalue weighted by atomic mass is 10.1. The predicted octanol–water partition coefficient (Wildman–Crippen LogP) is 4.16. The molecular formula is C25H34BrN3O4S. The van der Waals surface area contributed by atoms with Gasteiger partial charge in [-0.25, -0.2) is 8.42 Å². The minimum absolute atomic E-state index is 0.175. The van der Waals surface area contributed by atoms with E-state index >= 15 is 0 Å². The van der Waals surface area contributed by atoms with Gasteiger partial charge in [0.2, 0.25) is 21.8 Å². The number of carbonyl (C=O) groups excluding carboxylic acids is 2. The number of halogens is 1. The molecule has 0 aliphatic rings. The number of aryl methyl sites for hydroxylation is 2. The van der Waals surface area contributed by atoms with Crippen LogP contribution in [0.5, 0.6) is 0 Å². The maximum Gasteiger partial charge on any atom is 0.244 e. The fourth-order valence-electron chi connectivity index (χ4n) is 3.34. The third-order valence-electron chi connectivity index (χ3n) is 5.25. The highest BCUT2D eigenvalue weighted by atomic mass is 79.9. The summed E-state index contributed by atoms with van der Waals surface area (Å²) in [5, 5.41) is 2.91. The molecule has 0 heterocycles. The van der Waals surface area contributed by atoms with Crippen molar-refractivity contribution >= 4 is 43.5 Å². The van der Waals surface area contributed by atoms with Crippen LogP contribution in [-0.4, -0.2) is 49.5 Å². The first-order chi connectivity index (χ1) is 15.6. The van der Waals surface area contributed by atoms with Crippen molar-refractivity contribution in [3.63, 3.8) is 0 Å². The summed E-state index contributed by atoms with van der Waals surface area (Å²) in [5.41, 5.74) is 2.68. The summed E-state index contributed by atoms with van der Waals surface area (Å²) in [4.78, 5) is 27.9. The van der Waals surface area contributed by atoms with Crippen LogP contribution in [0.3, 0.4) is 0 Å². The van der Waals surface area contributed by atoms with Crippen LogP contribution in [0, 0.1) is 13.8 Å². The molecule has 0 aliphatic carbocycles. The van der Waals surface area contributed by atoms with Crippen molar-refractivity contribution in [2.45, 2.75) is 59.7 Å². The number of hydrogen-bond donors (Lipinski definition) is 1. The van der Waals surface area contributed by atoms with Gasteiger partial charge in [0.05, 0.1) is 11.9 Å². The number of amides is 2. The summed E-state index contributed by atoms with van der Waals surface area (Å²) >= 11 is 3.42. The predicted molar refractivity (Wildman–Crippen MR) is 140 cm³/mol. The van der Waals surface area contributed by atoms with E-state index in [9.17, 15) is 18.0 Å². The zero-order valence-corrected chi connectivity index (χ0v) is 23.2. The van der Waals surface area contributed by atoms with Gasteiger partial charge in [0.25, 0.3) is 0 Å². The second-order valence-corrected chi connectivity index (χ2v) is 12.4. The van der Waals surface area contributed by atoms with Crippen molar-refractivity contribution in [2.75, 3.05) is 17.1 Å². The number of anilines is 1. The normalized spacial score (nSPS) is 12.7. The van der Waals surface area contributed by atoms with E-state index in [0.717, 1.165) is 31.7 Å². The quantitative estimate of drug-likeness (QED) is 0.533. The van der Waals surface area contributed by atoms with Crippen molar-refractivity contribution < 1.29 is 18.0 Å². The molecule has 0 aromatic heterocycles. The van der Waals surface area contributed by atoms with Crippen LogP contribution < -0.4 is 9.62 Å². The van der Waals surface area contributed by atoms with Crippen molar-refractivity contribution in [1.29, 1.82) is 0 Å².